The van der Waals surface area contributed by atoms with Crippen molar-refractivity contribution in [1.29, 1.82) is 0 Å². The van der Waals surface area contributed by atoms with Crippen LogP contribution in [0.3, 0.4) is 0 Å². The molecule has 0 spiro atoms. The van der Waals surface area contributed by atoms with Crippen molar-refractivity contribution in [3.63, 3.8) is 0 Å². The molecule has 19 heavy (non-hydrogen) atoms. The molecule has 2 aromatic rings. The average Bonchev–Trinajstić information content (AvgIpc) is 2.97. The number of ether oxygens (including phenoxy) is 1. The first-order valence-electron chi connectivity index (χ1n) is 6.07. The zero-order valence-electron chi connectivity index (χ0n) is 11.5. The van der Waals surface area contributed by atoms with Gasteiger partial charge in [0, 0.05) is 24.2 Å². The van der Waals surface area contributed by atoms with Crippen LogP contribution in [-0.4, -0.2) is 27.3 Å². The molecule has 0 aliphatic rings. The van der Waals surface area contributed by atoms with Crippen LogP contribution < -0.4 is 0 Å². The Morgan fingerprint density at radius 2 is 2.26 bits per heavy atom. The Labute approximate surface area is 116 Å². The van der Waals surface area contributed by atoms with E-state index in [4.69, 9.17) is 4.74 Å². The van der Waals surface area contributed by atoms with Crippen LogP contribution in [0.4, 0.5) is 0 Å². The molecule has 0 N–H and O–H groups in total. The number of aromatic nitrogens is 3. The van der Waals surface area contributed by atoms with Crippen LogP contribution in [0.2, 0.25) is 0 Å². The lowest BCUT2D eigenvalue weighted by Crippen LogP contribution is -2.31. The van der Waals surface area contributed by atoms with E-state index >= 15 is 0 Å². The lowest BCUT2D eigenvalue weighted by Gasteiger charge is -2.19. The minimum Gasteiger partial charge on any atom is -0.465 e. The first-order valence-corrected chi connectivity index (χ1v) is 6.95. The molecule has 0 saturated heterocycles. The molecule has 2 aromatic heterocycles. The number of thiazole rings is 1. The Kier molecular flexibility index (Phi) is 3.71. The summed E-state index contributed by atoms with van der Waals surface area (Å²) >= 11 is 1.51. The SMILES string of the molecule is CCOC(=O)C(C)(C)c1csc(-c2cnn(C)c2)n1. The van der Waals surface area contributed by atoms with Crippen molar-refractivity contribution < 1.29 is 9.53 Å². The fraction of sp³-hybridized carbons (Fsp3) is 0.462. The molecule has 0 amide bonds. The van der Waals surface area contributed by atoms with E-state index in [1.54, 1.807) is 17.8 Å². The molecule has 0 fully saturated rings. The minimum absolute atomic E-state index is 0.252. The Morgan fingerprint density at radius 3 is 2.84 bits per heavy atom. The number of hydrogen-bond donors (Lipinski definition) is 0. The highest BCUT2D eigenvalue weighted by atomic mass is 32.1. The summed E-state index contributed by atoms with van der Waals surface area (Å²) < 4.78 is 6.82. The maximum atomic E-state index is 11.9. The monoisotopic (exact) mass is 279 g/mol. The molecule has 0 aromatic carbocycles. The van der Waals surface area contributed by atoms with E-state index in [1.807, 2.05) is 32.5 Å². The third-order valence-electron chi connectivity index (χ3n) is 2.88. The lowest BCUT2D eigenvalue weighted by atomic mass is 9.90. The van der Waals surface area contributed by atoms with Crippen molar-refractivity contribution in [3.8, 4) is 10.6 Å². The molecule has 0 radical (unpaired) electrons. The highest BCUT2D eigenvalue weighted by Gasteiger charge is 2.34. The number of carbonyl (C=O) groups is 1. The normalized spacial score (nSPS) is 11.6. The summed E-state index contributed by atoms with van der Waals surface area (Å²) in [6.45, 7) is 5.83. The highest BCUT2D eigenvalue weighted by Crippen LogP contribution is 2.30. The summed E-state index contributed by atoms with van der Waals surface area (Å²) in [4.78, 5) is 16.5. The topological polar surface area (TPSA) is 57.0 Å². The molecule has 0 atom stereocenters. The van der Waals surface area contributed by atoms with Gasteiger partial charge in [-0.05, 0) is 20.8 Å². The van der Waals surface area contributed by atoms with Crippen LogP contribution in [0, 0.1) is 0 Å². The molecule has 102 valence electrons. The summed E-state index contributed by atoms with van der Waals surface area (Å²) in [6.07, 6.45) is 3.67. The van der Waals surface area contributed by atoms with E-state index in [2.05, 4.69) is 10.1 Å². The van der Waals surface area contributed by atoms with E-state index in [9.17, 15) is 4.79 Å². The van der Waals surface area contributed by atoms with Gasteiger partial charge in [0.1, 0.15) is 10.4 Å². The zero-order chi connectivity index (χ0) is 14.0. The molecule has 0 bridgehead atoms. The van der Waals surface area contributed by atoms with Crippen LogP contribution >= 0.6 is 11.3 Å². The maximum Gasteiger partial charge on any atom is 0.317 e. The van der Waals surface area contributed by atoms with Gasteiger partial charge in [-0.15, -0.1) is 11.3 Å². The van der Waals surface area contributed by atoms with E-state index in [0.29, 0.717) is 6.61 Å². The molecule has 0 aliphatic carbocycles. The summed E-state index contributed by atoms with van der Waals surface area (Å²) in [5.74, 6) is -0.252. The van der Waals surface area contributed by atoms with Crippen molar-refractivity contribution >= 4 is 17.3 Å². The van der Waals surface area contributed by atoms with E-state index < -0.39 is 5.41 Å². The van der Waals surface area contributed by atoms with Crippen molar-refractivity contribution in [2.45, 2.75) is 26.2 Å². The fourth-order valence-electron chi connectivity index (χ4n) is 1.64. The minimum atomic E-state index is -0.729. The summed E-state index contributed by atoms with van der Waals surface area (Å²) in [5.41, 5.74) is 0.959. The van der Waals surface area contributed by atoms with Gasteiger partial charge in [-0.3, -0.25) is 9.48 Å². The van der Waals surface area contributed by atoms with Gasteiger partial charge >= 0.3 is 5.97 Å². The van der Waals surface area contributed by atoms with Crippen LogP contribution in [-0.2, 0) is 22.0 Å². The standard InChI is InChI=1S/C13H17N3O2S/c1-5-18-12(17)13(2,3)10-8-19-11(15-10)9-6-14-16(4)7-9/h6-8H,5H2,1-4H3. The number of hydrogen-bond acceptors (Lipinski definition) is 5. The zero-order valence-corrected chi connectivity index (χ0v) is 12.3. The van der Waals surface area contributed by atoms with Gasteiger partial charge in [-0.25, -0.2) is 4.98 Å². The molecule has 2 heterocycles. The molecule has 0 unspecified atom stereocenters. The largest absolute Gasteiger partial charge is 0.465 e. The van der Waals surface area contributed by atoms with Gasteiger partial charge in [0.15, 0.2) is 0 Å². The Morgan fingerprint density at radius 1 is 1.53 bits per heavy atom. The number of esters is 1. The number of carbonyl (C=O) groups excluding carboxylic acids is 1. The average molecular weight is 279 g/mol. The molecule has 2 rings (SSSR count). The summed E-state index contributed by atoms with van der Waals surface area (Å²) in [7, 11) is 1.86. The van der Waals surface area contributed by atoms with E-state index in [1.165, 1.54) is 11.3 Å². The van der Waals surface area contributed by atoms with Crippen molar-refractivity contribution in [3.05, 3.63) is 23.5 Å². The molecule has 6 heteroatoms. The Hall–Kier alpha value is -1.69. The highest BCUT2D eigenvalue weighted by molar-refractivity contribution is 7.13. The van der Waals surface area contributed by atoms with Crippen LogP contribution in [0.5, 0.6) is 0 Å². The van der Waals surface area contributed by atoms with E-state index in [0.717, 1.165) is 16.3 Å². The molecule has 5 nitrogen and oxygen atoms in total. The first kappa shape index (κ1) is 13.7. The maximum absolute atomic E-state index is 11.9. The predicted octanol–water partition coefficient (Wildman–Crippen LogP) is 2.38. The van der Waals surface area contributed by atoms with Gasteiger partial charge in [-0.2, -0.15) is 5.10 Å². The van der Waals surface area contributed by atoms with Crippen LogP contribution in [0.15, 0.2) is 17.8 Å². The van der Waals surface area contributed by atoms with Crippen LogP contribution in [0.25, 0.3) is 10.6 Å². The second-order valence-corrected chi connectivity index (χ2v) is 5.64. The predicted molar refractivity (Wildman–Crippen MR) is 74.0 cm³/mol. The first-order chi connectivity index (χ1) is 8.95. The quantitative estimate of drug-likeness (QED) is 0.806. The molecule has 0 saturated carbocycles. The van der Waals surface area contributed by atoms with Gasteiger partial charge in [0.2, 0.25) is 0 Å². The van der Waals surface area contributed by atoms with Crippen molar-refractivity contribution in [2.75, 3.05) is 6.61 Å². The third-order valence-corrected chi connectivity index (χ3v) is 3.77. The number of rotatable bonds is 4. The van der Waals surface area contributed by atoms with E-state index in [-0.39, 0.29) is 5.97 Å². The van der Waals surface area contributed by atoms with Crippen molar-refractivity contribution in [2.24, 2.45) is 7.05 Å². The number of nitrogens with zero attached hydrogens (tertiary/aromatic N) is 3. The Bertz CT molecular complexity index is 586. The smallest absolute Gasteiger partial charge is 0.317 e. The Balaban J connectivity index is 2.28. The molecular formula is C13H17N3O2S. The van der Waals surface area contributed by atoms with Gasteiger partial charge in [0.25, 0.3) is 0 Å². The van der Waals surface area contributed by atoms with Gasteiger partial charge in [-0.1, -0.05) is 0 Å². The van der Waals surface area contributed by atoms with Crippen molar-refractivity contribution in [1.82, 2.24) is 14.8 Å². The molecule has 0 aliphatic heterocycles. The van der Waals surface area contributed by atoms with Gasteiger partial charge < -0.3 is 4.74 Å². The summed E-state index contributed by atoms with van der Waals surface area (Å²) in [6, 6.07) is 0. The van der Waals surface area contributed by atoms with Gasteiger partial charge in [0.05, 0.1) is 18.5 Å². The third kappa shape index (κ3) is 2.68. The second-order valence-electron chi connectivity index (χ2n) is 4.79. The second kappa shape index (κ2) is 5.13. The number of aryl methyl sites for hydroxylation is 1. The lowest BCUT2D eigenvalue weighted by molar-refractivity contribution is -0.148. The molecular weight excluding hydrogens is 262 g/mol. The summed E-state index contributed by atoms with van der Waals surface area (Å²) in [5, 5.41) is 6.88. The van der Waals surface area contributed by atoms with Crippen LogP contribution in [0.1, 0.15) is 26.5 Å². The fourth-order valence-corrected chi connectivity index (χ4v) is 2.60.